The maximum Gasteiger partial charge on any atom is 0.257 e. The van der Waals surface area contributed by atoms with Gasteiger partial charge in [0.2, 0.25) is 5.91 Å². The molecule has 1 saturated carbocycles. The van der Waals surface area contributed by atoms with Crippen molar-refractivity contribution in [2.24, 2.45) is 0 Å². The molecule has 2 aliphatic rings. The second-order valence-electron chi connectivity index (χ2n) is 7.05. The maximum atomic E-state index is 12.9. The summed E-state index contributed by atoms with van der Waals surface area (Å²) >= 11 is 0. The Morgan fingerprint density at radius 2 is 1.92 bits per heavy atom. The number of amides is 2. The lowest BCUT2D eigenvalue weighted by Crippen LogP contribution is -2.51. The minimum Gasteiger partial charge on any atom is -0.355 e. The zero-order valence-corrected chi connectivity index (χ0v) is 15.1. The van der Waals surface area contributed by atoms with Crippen LogP contribution in [0.25, 0.3) is 0 Å². The Hall–Kier alpha value is -1.89. The van der Waals surface area contributed by atoms with Crippen LogP contribution in [-0.2, 0) is 4.79 Å². The summed E-state index contributed by atoms with van der Waals surface area (Å²) in [6.45, 7) is 5.78. The van der Waals surface area contributed by atoms with Crippen molar-refractivity contribution in [2.75, 3.05) is 39.3 Å². The summed E-state index contributed by atoms with van der Waals surface area (Å²) in [6.07, 6.45) is 7.73. The van der Waals surface area contributed by atoms with Crippen LogP contribution in [0.3, 0.4) is 0 Å². The van der Waals surface area contributed by atoms with E-state index >= 15 is 0 Å². The van der Waals surface area contributed by atoms with E-state index in [0.29, 0.717) is 32.1 Å². The molecule has 25 heavy (non-hydrogen) atoms. The van der Waals surface area contributed by atoms with Gasteiger partial charge in [0.15, 0.2) is 0 Å². The number of H-pyrrole nitrogens is 1. The van der Waals surface area contributed by atoms with E-state index in [0.717, 1.165) is 37.2 Å². The quantitative estimate of drug-likeness (QED) is 0.842. The van der Waals surface area contributed by atoms with Crippen molar-refractivity contribution in [2.45, 2.75) is 44.9 Å². The molecule has 2 fully saturated rings. The van der Waals surface area contributed by atoms with Crippen molar-refractivity contribution >= 4 is 11.8 Å². The van der Waals surface area contributed by atoms with Crippen LogP contribution in [0, 0.1) is 0 Å². The van der Waals surface area contributed by atoms with Crippen LogP contribution in [0.2, 0.25) is 0 Å². The van der Waals surface area contributed by atoms with E-state index in [4.69, 9.17) is 0 Å². The second kappa shape index (κ2) is 8.47. The maximum absolute atomic E-state index is 12.9. The van der Waals surface area contributed by atoms with Gasteiger partial charge in [-0.1, -0.05) is 19.3 Å². The van der Waals surface area contributed by atoms with E-state index in [-0.39, 0.29) is 11.8 Å². The minimum atomic E-state index is 0.0525. The van der Waals surface area contributed by atoms with E-state index < -0.39 is 0 Å². The van der Waals surface area contributed by atoms with E-state index in [1.165, 1.54) is 19.3 Å². The van der Waals surface area contributed by atoms with Crippen LogP contribution < -0.4 is 5.32 Å². The number of piperazine rings is 1. The first kappa shape index (κ1) is 17.9. The average molecular weight is 347 g/mol. The van der Waals surface area contributed by atoms with Gasteiger partial charge in [0.1, 0.15) is 0 Å². The fourth-order valence-corrected chi connectivity index (χ4v) is 3.90. The van der Waals surface area contributed by atoms with Gasteiger partial charge in [0.25, 0.3) is 5.91 Å². The molecule has 1 saturated heterocycles. The second-order valence-corrected chi connectivity index (χ2v) is 7.05. The van der Waals surface area contributed by atoms with Crippen LogP contribution in [0.5, 0.6) is 0 Å². The molecule has 0 radical (unpaired) electrons. The number of nitrogens with zero attached hydrogens (tertiary/aromatic N) is 3. The first-order valence-electron chi connectivity index (χ1n) is 9.50. The van der Waals surface area contributed by atoms with E-state index in [1.807, 2.05) is 11.8 Å². The number of aromatic nitrogens is 2. The number of rotatable bonds is 5. The van der Waals surface area contributed by atoms with Gasteiger partial charge < -0.3 is 10.2 Å². The van der Waals surface area contributed by atoms with Crippen LogP contribution in [0.4, 0.5) is 0 Å². The highest BCUT2D eigenvalue weighted by atomic mass is 16.2. The Kier molecular flexibility index (Phi) is 6.07. The third-order valence-corrected chi connectivity index (χ3v) is 5.31. The number of hydrogen-bond acceptors (Lipinski definition) is 4. The summed E-state index contributed by atoms with van der Waals surface area (Å²) in [5, 5.41) is 10.1. The lowest BCUT2D eigenvalue weighted by atomic mass is 9.85. The number of likely N-dealkylation sites (N-methyl/N-ethyl adjacent to an activating group) is 1. The Bertz CT molecular complexity index is 586. The van der Waals surface area contributed by atoms with Crippen LogP contribution >= 0.6 is 0 Å². The minimum absolute atomic E-state index is 0.0525. The van der Waals surface area contributed by atoms with Crippen molar-refractivity contribution in [1.29, 1.82) is 0 Å². The molecular weight excluding hydrogens is 318 g/mol. The van der Waals surface area contributed by atoms with Crippen LogP contribution in [-0.4, -0.2) is 71.1 Å². The van der Waals surface area contributed by atoms with Gasteiger partial charge in [0, 0.05) is 38.6 Å². The molecule has 3 rings (SSSR count). The molecule has 0 spiro atoms. The summed E-state index contributed by atoms with van der Waals surface area (Å²) in [6, 6.07) is 0. The number of carbonyl (C=O) groups is 2. The van der Waals surface area contributed by atoms with Crippen molar-refractivity contribution in [3.8, 4) is 0 Å². The number of aromatic amines is 1. The molecule has 0 atom stereocenters. The monoisotopic (exact) mass is 347 g/mol. The van der Waals surface area contributed by atoms with Crippen molar-refractivity contribution in [3.63, 3.8) is 0 Å². The van der Waals surface area contributed by atoms with Gasteiger partial charge in [-0.2, -0.15) is 5.10 Å². The summed E-state index contributed by atoms with van der Waals surface area (Å²) < 4.78 is 0. The van der Waals surface area contributed by atoms with Crippen molar-refractivity contribution in [3.05, 3.63) is 17.5 Å². The van der Waals surface area contributed by atoms with Crippen LogP contribution in [0.1, 0.15) is 61.0 Å². The van der Waals surface area contributed by atoms with Crippen molar-refractivity contribution in [1.82, 2.24) is 25.3 Å². The number of carbonyl (C=O) groups excluding carboxylic acids is 2. The molecule has 2 heterocycles. The predicted octanol–water partition coefficient (Wildman–Crippen LogP) is 1.35. The molecule has 2 amide bonds. The fraction of sp³-hybridized carbons (Fsp3) is 0.722. The van der Waals surface area contributed by atoms with Crippen LogP contribution in [0.15, 0.2) is 6.20 Å². The predicted molar refractivity (Wildman–Crippen MR) is 95.4 cm³/mol. The van der Waals surface area contributed by atoms with E-state index in [1.54, 1.807) is 6.20 Å². The lowest BCUT2D eigenvalue weighted by Gasteiger charge is -2.34. The number of nitrogens with one attached hydrogen (secondary N) is 2. The summed E-state index contributed by atoms with van der Waals surface area (Å²) in [4.78, 5) is 28.6. The molecule has 1 aliphatic heterocycles. The molecule has 7 heteroatoms. The summed E-state index contributed by atoms with van der Waals surface area (Å²) in [5.74, 6) is 0.568. The molecule has 138 valence electrons. The molecule has 2 N–H and O–H groups in total. The van der Waals surface area contributed by atoms with E-state index in [2.05, 4.69) is 20.4 Å². The Morgan fingerprint density at radius 3 is 2.60 bits per heavy atom. The highest BCUT2D eigenvalue weighted by molar-refractivity contribution is 5.95. The molecule has 1 aliphatic carbocycles. The first-order chi connectivity index (χ1) is 12.2. The van der Waals surface area contributed by atoms with Gasteiger partial charge in [-0.05, 0) is 19.8 Å². The van der Waals surface area contributed by atoms with Gasteiger partial charge >= 0.3 is 0 Å². The third kappa shape index (κ3) is 4.39. The van der Waals surface area contributed by atoms with Crippen molar-refractivity contribution < 1.29 is 9.59 Å². The van der Waals surface area contributed by atoms with Gasteiger partial charge in [0.05, 0.1) is 24.0 Å². The lowest BCUT2D eigenvalue weighted by molar-refractivity contribution is -0.122. The fourth-order valence-electron chi connectivity index (χ4n) is 3.90. The van der Waals surface area contributed by atoms with E-state index in [9.17, 15) is 9.59 Å². The largest absolute Gasteiger partial charge is 0.355 e. The third-order valence-electron chi connectivity index (χ3n) is 5.31. The molecular formula is C18H29N5O2. The summed E-state index contributed by atoms with van der Waals surface area (Å²) in [5.41, 5.74) is 1.76. The molecule has 0 bridgehead atoms. The highest BCUT2D eigenvalue weighted by Crippen LogP contribution is 2.33. The van der Waals surface area contributed by atoms with Gasteiger partial charge in [-0.25, -0.2) is 0 Å². The average Bonchev–Trinajstić information content (AvgIpc) is 3.12. The van der Waals surface area contributed by atoms with Gasteiger partial charge in [-0.3, -0.25) is 19.6 Å². The Balaban J connectivity index is 1.56. The Morgan fingerprint density at radius 1 is 1.20 bits per heavy atom. The zero-order chi connectivity index (χ0) is 17.6. The first-order valence-corrected chi connectivity index (χ1v) is 9.50. The highest BCUT2D eigenvalue weighted by Gasteiger charge is 2.28. The normalized spacial score (nSPS) is 19.8. The summed E-state index contributed by atoms with van der Waals surface area (Å²) in [7, 11) is 0. The molecule has 1 aromatic heterocycles. The number of hydrogen-bond donors (Lipinski definition) is 2. The smallest absolute Gasteiger partial charge is 0.257 e. The Labute approximate surface area is 149 Å². The molecule has 0 unspecified atom stereocenters. The molecule has 1 aromatic rings. The SMILES string of the molecule is CCNC(=O)CN1CCN(C(=O)c2cn[nH]c2C2CCCCC2)CC1. The standard InChI is InChI=1S/C18H29N5O2/c1-2-19-16(24)13-22-8-10-23(11-9-22)18(25)15-12-20-21-17(15)14-6-4-3-5-7-14/h12,14H,2-11,13H2,1H3,(H,19,24)(H,20,21). The topological polar surface area (TPSA) is 81.3 Å². The zero-order valence-electron chi connectivity index (χ0n) is 15.1. The van der Waals surface area contributed by atoms with Gasteiger partial charge in [-0.15, -0.1) is 0 Å². The molecule has 0 aromatic carbocycles. The molecule has 7 nitrogen and oxygen atoms in total.